The van der Waals surface area contributed by atoms with E-state index in [2.05, 4.69) is 6.58 Å². The lowest BCUT2D eigenvalue weighted by molar-refractivity contribution is 0.103. The zero-order valence-electron chi connectivity index (χ0n) is 14.9. The number of allylic oxidation sites excluding steroid dienone is 2. The Labute approximate surface area is 152 Å². The van der Waals surface area contributed by atoms with Gasteiger partial charge in [0, 0.05) is 23.5 Å². The first kappa shape index (κ1) is 17.6. The molecule has 1 aliphatic heterocycles. The zero-order valence-corrected chi connectivity index (χ0v) is 14.9. The van der Waals surface area contributed by atoms with Gasteiger partial charge in [0.15, 0.2) is 11.5 Å². The van der Waals surface area contributed by atoms with E-state index in [0.717, 1.165) is 17.0 Å². The van der Waals surface area contributed by atoms with E-state index in [1.807, 2.05) is 30.6 Å². The second-order valence-corrected chi connectivity index (χ2v) is 6.09. The number of aromatic nitrogens is 1. The largest absolute Gasteiger partial charge is 0.486 e. The highest BCUT2D eigenvalue weighted by atomic mass is 16.6. The van der Waals surface area contributed by atoms with Gasteiger partial charge in [0.2, 0.25) is 5.78 Å². The molecule has 5 heteroatoms. The minimum absolute atomic E-state index is 0.0838. The van der Waals surface area contributed by atoms with Gasteiger partial charge in [-0.1, -0.05) is 12.1 Å². The number of carbonyl (C=O) groups excluding carboxylic acids is 1. The summed E-state index contributed by atoms with van der Waals surface area (Å²) in [5.41, 5.74) is 3.13. The van der Waals surface area contributed by atoms with Crippen molar-refractivity contribution in [3.63, 3.8) is 0 Å². The number of hydrogen-bond donors (Lipinski definition) is 0. The van der Waals surface area contributed by atoms with Crippen molar-refractivity contribution in [1.82, 2.24) is 4.57 Å². The van der Waals surface area contributed by atoms with E-state index < -0.39 is 0 Å². The highest BCUT2D eigenvalue weighted by Crippen LogP contribution is 2.31. The average Bonchev–Trinajstić information content (AvgIpc) is 2.94. The highest BCUT2D eigenvalue weighted by molar-refractivity contribution is 6.14. The molecule has 3 rings (SSSR count). The first-order valence-corrected chi connectivity index (χ1v) is 8.39. The van der Waals surface area contributed by atoms with E-state index in [0.29, 0.717) is 36.8 Å². The predicted molar refractivity (Wildman–Crippen MR) is 99.5 cm³/mol. The van der Waals surface area contributed by atoms with Gasteiger partial charge in [0.1, 0.15) is 24.9 Å². The Morgan fingerprint density at radius 1 is 1.27 bits per heavy atom. The maximum Gasteiger partial charge on any atom is 0.205 e. The van der Waals surface area contributed by atoms with Crippen LogP contribution in [0.15, 0.2) is 42.5 Å². The molecule has 0 radical (unpaired) electrons. The maximum absolute atomic E-state index is 12.9. The number of aryl methyl sites for hydroxylation is 1. The SMILES string of the molecule is C=CCn1c(C)cc(C(=O)/C(C#N)=C/c2ccc3c(c2)OCCO3)c1C. The number of rotatable bonds is 5. The molecule has 0 bridgehead atoms. The molecule has 0 saturated carbocycles. The number of hydrogen-bond acceptors (Lipinski definition) is 4. The van der Waals surface area contributed by atoms with Crippen LogP contribution in [0, 0.1) is 25.2 Å². The number of nitrogens with zero attached hydrogens (tertiary/aromatic N) is 2. The van der Waals surface area contributed by atoms with Gasteiger partial charge in [0.25, 0.3) is 0 Å². The Bertz CT molecular complexity index is 945. The van der Waals surface area contributed by atoms with E-state index in [1.165, 1.54) is 0 Å². The van der Waals surface area contributed by atoms with Gasteiger partial charge in [-0.2, -0.15) is 5.26 Å². The first-order chi connectivity index (χ1) is 12.5. The van der Waals surface area contributed by atoms with Crippen molar-refractivity contribution < 1.29 is 14.3 Å². The van der Waals surface area contributed by atoms with Crippen LogP contribution in [0.1, 0.15) is 27.3 Å². The lowest BCUT2D eigenvalue weighted by atomic mass is 10.0. The monoisotopic (exact) mass is 348 g/mol. The number of Topliss-reactive ketones (excluding diaryl/α,β-unsaturated/α-hetero) is 1. The molecular formula is C21H20N2O3. The third kappa shape index (κ3) is 3.27. The number of carbonyl (C=O) groups is 1. The molecule has 0 unspecified atom stereocenters. The van der Waals surface area contributed by atoms with Gasteiger partial charge in [-0.3, -0.25) is 4.79 Å². The summed E-state index contributed by atoms with van der Waals surface area (Å²) in [5.74, 6) is 1.01. The van der Waals surface area contributed by atoms with Crippen LogP contribution in [0.25, 0.3) is 6.08 Å². The molecular weight excluding hydrogens is 328 g/mol. The van der Waals surface area contributed by atoms with Crippen molar-refractivity contribution in [2.24, 2.45) is 0 Å². The molecule has 1 aromatic heterocycles. The summed E-state index contributed by atoms with van der Waals surface area (Å²) >= 11 is 0. The fourth-order valence-corrected chi connectivity index (χ4v) is 3.05. The molecule has 1 aliphatic rings. The standard InChI is InChI=1S/C21H20N2O3/c1-4-7-23-14(2)10-18(15(23)3)21(24)17(13-22)11-16-5-6-19-20(12-16)26-9-8-25-19/h4-6,10-12H,1,7-9H2,2-3H3/b17-11+. The summed E-state index contributed by atoms with van der Waals surface area (Å²) in [6, 6.07) is 9.21. The normalized spacial score (nSPS) is 13.2. The lowest BCUT2D eigenvalue weighted by Gasteiger charge is -2.18. The Balaban J connectivity index is 1.95. The summed E-state index contributed by atoms with van der Waals surface area (Å²) in [6.45, 7) is 9.18. The van der Waals surface area contributed by atoms with Gasteiger partial charge < -0.3 is 14.0 Å². The number of benzene rings is 1. The molecule has 0 atom stereocenters. The van der Waals surface area contributed by atoms with Crippen molar-refractivity contribution in [3.8, 4) is 17.6 Å². The van der Waals surface area contributed by atoms with Crippen LogP contribution in [-0.4, -0.2) is 23.6 Å². The molecule has 0 saturated heterocycles. The zero-order chi connectivity index (χ0) is 18.7. The van der Waals surface area contributed by atoms with Crippen molar-refractivity contribution in [2.45, 2.75) is 20.4 Å². The molecule has 2 heterocycles. The molecule has 2 aromatic rings. The van der Waals surface area contributed by atoms with E-state index in [9.17, 15) is 10.1 Å². The summed E-state index contributed by atoms with van der Waals surface area (Å²) in [7, 11) is 0. The van der Waals surface area contributed by atoms with E-state index in [4.69, 9.17) is 9.47 Å². The van der Waals surface area contributed by atoms with Crippen LogP contribution in [0.3, 0.4) is 0 Å². The van der Waals surface area contributed by atoms with Crippen LogP contribution in [0.2, 0.25) is 0 Å². The quantitative estimate of drug-likeness (QED) is 0.356. The topological polar surface area (TPSA) is 64.2 Å². The van der Waals surface area contributed by atoms with Gasteiger partial charge >= 0.3 is 0 Å². The third-order valence-electron chi connectivity index (χ3n) is 4.37. The molecule has 0 fully saturated rings. The van der Waals surface area contributed by atoms with E-state index in [-0.39, 0.29) is 11.4 Å². The average molecular weight is 348 g/mol. The summed E-state index contributed by atoms with van der Waals surface area (Å²) in [5, 5.41) is 9.51. The van der Waals surface area contributed by atoms with Gasteiger partial charge in [-0.25, -0.2) is 0 Å². The van der Waals surface area contributed by atoms with Crippen LogP contribution in [-0.2, 0) is 6.54 Å². The first-order valence-electron chi connectivity index (χ1n) is 8.39. The van der Waals surface area contributed by atoms with Gasteiger partial charge in [-0.15, -0.1) is 6.58 Å². The molecule has 0 amide bonds. The number of ether oxygens (including phenoxy) is 2. The molecule has 1 aromatic carbocycles. The second-order valence-electron chi connectivity index (χ2n) is 6.09. The minimum Gasteiger partial charge on any atom is -0.486 e. The minimum atomic E-state index is -0.286. The van der Waals surface area contributed by atoms with Crippen molar-refractivity contribution in [2.75, 3.05) is 13.2 Å². The van der Waals surface area contributed by atoms with Gasteiger partial charge in [0.05, 0.1) is 0 Å². The fraction of sp³-hybridized carbons (Fsp3) is 0.238. The molecule has 132 valence electrons. The smallest absolute Gasteiger partial charge is 0.205 e. The predicted octanol–water partition coefficient (Wildman–Crippen LogP) is 3.85. The molecule has 0 aliphatic carbocycles. The Hall–Kier alpha value is -3.26. The lowest BCUT2D eigenvalue weighted by Crippen LogP contribution is -2.15. The van der Waals surface area contributed by atoms with Crippen molar-refractivity contribution >= 4 is 11.9 Å². The van der Waals surface area contributed by atoms with Crippen molar-refractivity contribution in [3.05, 3.63) is 65.0 Å². The summed E-state index contributed by atoms with van der Waals surface area (Å²) in [4.78, 5) is 12.9. The van der Waals surface area contributed by atoms with Crippen LogP contribution in [0.5, 0.6) is 11.5 Å². The van der Waals surface area contributed by atoms with Crippen molar-refractivity contribution in [1.29, 1.82) is 5.26 Å². The number of nitriles is 1. The third-order valence-corrected chi connectivity index (χ3v) is 4.37. The maximum atomic E-state index is 12.9. The van der Waals surface area contributed by atoms with Gasteiger partial charge in [-0.05, 0) is 43.7 Å². The second kappa shape index (κ2) is 7.32. The molecule has 5 nitrogen and oxygen atoms in total. The van der Waals surface area contributed by atoms with E-state index in [1.54, 1.807) is 30.4 Å². The summed E-state index contributed by atoms with van der Waals surface area (Å²) in [6.07, 6.45) is 3.37. The fourth-order valence-electron chi connectivity index (χ4n) is 3.05. The molecule has 0 N–H and O–H groups in total. The van der Waals surface area contributed by atoms with Crippen LogP contribution < -0.4 is 9.47 Å². The van der Waals surface area contributed by atoms with Crippen LogP contribution >= 0.6 is 0 Å². The molecule has 0 spiro atoms. The Morgan fingerprint density at radius 2 is 2.00 bits per heavy atom. The number of ketones is 1. The molecule has 26 heavy (non-hydrogen) atoms. The Morgan fingerprint density at radius 3 is 2.69 bits per heavy atom. The highest BCUT2D eigenvalue weighted by Gasteiger charge is 2.19. The van der Waals surface area contributed by atoms with E-state index >= 15 is 0 Å². The number of fused-ring (bicyclic) bond motifs is 1. The Kier molecular flexibility index (Phi) is 4.94. The summed E-state index contributed by atoms with van der Waals surface area (Å²) < 4.78 is 13.0. The van der Waals surface area contributed by atoms with Crippen LogP contribution in [0.4, 0.5) is 0 Å².